The number of carbonyl (C=O) groups excluding carboxylic acids is 1. The number of likely N-dealkylation sites (N-methyl/N-ethyl adjacent to an activating group) is 1. The van der Waals surface area contributed by atoms with Crippen LogP contribution in [0.3, 0.4) is 0 Å². The summed E-state index contributed by atoms with van der Waals surface area (Å²) in [6.45, 7) is 0. The molecule has 21 heavy (non-hydrogen) atoms. The van der Waals surface area contributed by atoms with Crippen LogP contribution in [0.2, 0.25) is 0 Å². The number of halogens is 1. The van der Waals surface area contributed by atoms with Crippen LogP contribution in [-0.2, 0) is 11.2 Å². The van der Waals surface area contributed by atoms with Gasteiger partial charge >= 0.3 is 0 Å². The summed E-state index contributed by atoms with van der Waals surface area (Å²) in [6.07, 6.45) is 5.04. The van der Waals surface area contributed by atoms with Crippen LogP contribution in [0.25, 0.3) is 0 Å². The number of amides is 1. The maximum Gasteiger partial charge on any atom is 0.231 e. The molecule has 0 radical (unpaired) electrons. The zero-order valence-electron chi connectivity index (χ0n) is 12.3. The standard InChI is InChI=1S/C18H20BrNO/c1-20-13-5-4-11(7-12(13)8-14(20)21)18(19)17-15-9-2-3-10(6-9)16(15)17/h4-5,7,9-10,15-18H,2-3,6,8H2,1H3. The van der Waals surface area contributed by atoms with Gasteiger partial charge in [-0.15, -0.1) is 0 Å². The lowest BCUT2D eigenvalue weighted by Gasteiger charge is -2.17. The molecule has 1 amide bonds. The fourth-order valence-corrected chi connectivity index (χ4v) is 6.66. The van der Waals surface area contributed by atoms with Gasteiger partial charge in [-0.1, -0.05) is 28.1 Å². The highest BCUT2D eigenvalue weighted by Crippen LogP contribution is 2.73. The van der Waals surface area contributed by atoms with E-state index in [4.69, 9.17) is 0 Å². The van der Waals surface area contributed by atoms with Gasteiger partial charge in [0.15, 0.2) is 0 Å². The zero-order valence-corrected chi connectivity index (χ0v) is 13.8. The number of anilines is 1. The van der Waals surface area contributed by atoms with Gasteiger partial charge in [0.05, 0.1) is 6.42 Å². The summed E-state index contributed by atoms with van der Waals surface area (Å²) in [6, 6.07) is 6.63. The van der Waals surface area contributed by atoms with E-state index in [1.807, 2.05) is 7.05 Å². The van der Waals surface area contributed by atoms with Crippen LogP contribution < -0.4 is 4.90 Å². The van der Waals surface area contributed by atoms with Crippen LogP contribution in [0.5, 0.6) is 0 Å². The lowest BCUT2D eigenvalue weighted by Crippen LogP contribution is -2.20. The number of alkyl halides is 1. The van der Waals surface area contributed by atoms with Gasteiger partial charge in [-0.25, -0.2) is 0 Å². The maximum atomic E-state index is 11.8. The molecule has 0 aromatic heterocycles. The van der Waals surface area contributed by atoms with E-state index in [9.17, 15) is 4.79 Å². The van der Waals surface area contributed by atoms with Crippen LogP contribution in [0, 0.1) is 29.6 Å². The van der Waals surface area contributed by atoms with Crippen molar-refractivity contribution in [2.24, 2.45) is 29.6 Å². The fourth-order valence-electron chi connectivity index (χ4n) is 5.67. The molecule has 5 unspecified atom stereocenters. The van der Waals surface area contributed by atoms with Crippen molar-refractivity contribution in [1.82, 2.24) is 0 Å². The number of nitrogens with zero attached hydrogens (tertiary/aromatic N) is 1. The predicted molar refractivity (Wildman–Crippen MR) is 86.5 cm³/mol. The lowest BCUT2D eigenvalue weighted by molar-refractivity contribution is -0.117. The molecule has 1 heterocycles. The number of hydrogen-bond acceptors (Lipinski definition) is 1. The third-order valence-electron chi connectivity index (χ3n) is 6.63. The third kappa shape index (κ3) is 1.61. The van der Waals surface area contributed by atoms with E-state index >= 15 is 0 Å². The van der Waals surface area contributed by atoms with Crippen molar-refractivity contribution < 1.29 is 4.79 Å². The molecule has 4 aliphatic rings. The number of carbonyl (C=O) groups is 1. The highest BCUT2D eigenvalue weighted by Gasteiger charge is 2.66. The van der Waals surface area contributed by atoms with Crippen molar-refractivity contribution >= 4 is 27.5 Å². The molecule has 0 saturated heterocycles. The van der Waals surface area contributed by atoms with E-state index in [-0.39, 0.29) is 5.91 Å². The molecule has 0 N–H and O–H groups in total. The summed E-state index contributed by atoms with van der Waals surface area (Å²) in [5.74, 6) is 5.09. The average Bonchev–Trinajstić information content (AvgIpc) is 2.77. The second kappa shape index (κ2) is 4.13. The SMILES string of the molecule is CN1C(=O)Cc2cc(C(Br)C3C4C5CCC(C5)C43)ccc21. The first-order valence-electron chi connectivity index (χ1n) is 8.18. The van der Waals surface area contributed by atoms with Crippen molar-refractivity contribution in [3.05, 3.63) is 29.3 Å². The summed E-state index contributed by atoms with van der Waals surface area (Å²) in [5, 5.41) is 0. The van der Waals surface area contributed by atoms with E-state index in [1.165, 1.54) is 30.4 Å². The molecule has 1 aromatic carbocycles. The Morgan fingerprint density at radius 1 is 1.24 bits per heavy atom. The van der Waals surface area contributed by atoms with E-state index in [0.29, 0.717) is 11.2 Å². The number of hydrogen-bond donors (Lipinski definition) is 0. The molecule has 3 saturated carbocycles. The summed E-state index contributed by atoms with van der Waals surface area (Å²) < 4.78 is 0. The van der Waals surface area contributed by atoms with Crippen molar-refractivity contribution in [3.63, 3.8) is 0 Å². The number of rotatable bonds is 2. The lowest BCUT2D eigenvalue weighted by atomic mass is 9.96. The molecule has 3 fully saturated rings. The van der Waals surface area contributed by atoms with Gasteiger partial charge in [0.2, 0.25) is 5.91 Å². The van der Waals surface area contributed by atoms with Crippen molar-refractivity contribution in [2.45, 2.75) is 30.5 Å². The van der Waals surface area contributed by atoms with Gasteiger partial charge in [0, 0.05) is 17.6 Å². The Balaban J connectivity index is 1.42. The first-order chi connectivity index (χ1) is 10.1. The number of fused-ring (bicyclic) bond motifs is 6. The van der Waals surface area contributed by atoms with Gasteiger partial charge in [-0.3, -0.25) is 4.79 Å². The van der Waals surface area contributed by atoms with E-state index < -0.39 is 0 Å². The van der Waals surface area contributed by atoms with E-state index in [2.05, 4.69) is 34.1 Å². The van der Waals surface area contributed by atoms with Crippen LogP contribution in [0.1, 0.15) is 35.2 Å². The molecule has 2 nitrogen and oxygen atoms in total. The zero-order chi connectivity index (χ0) is 14.3. The average molecular weight is 346 g/mol. The van der Waals surface area contributed by atoms with Gasteiger partial charge < -0.3 is 4.90 Å². The molecule has 1 aliphatic heterocycles. The van der Waals surface area contributed by atoms with Crippen LogP contribution in [-0.4, -0.2) is 13.0 Å². The summed E-state index contributed by atoms with van der Waals surface area (Å²) >= 11 is 3.99. The minimum atomic E-state index is 0.217. The molecule has 110 valence electrons. The normalized spacial score (nSPS) is 40.4. The molecule has 5 rings (SSSR count). The fraction of sp³-hybridized carbons (Fsp3) is 0.611. The Hall–Kier alpha value is -0.830. The molecule has 2 bridgehead atoms. The second-order valence-electron chi connectivity index (χ2n) is 7.48. The number of benzene rings is 1. The van der Waals surface area contributed by atoms with Crippen molar-refractivity contribution in [1.29, 1.82) is 0 Å². The van der Waals surface area contributed by atoms with E-state index in [1.54, 1.807) is 4.90 Å². The highest BCUT2D eigenvalue weighted by atomic mass is 79.9. The minimum Gasteiger partial charge on any atom is -0.315 e. The smallest absolute Gasteiger partial charge is 0.231 e. The van der Waals surface area contributed by atoms with Crippen LogP contribution in [0.4, 0.5) is 5.69 Å². The molecule has 3 aliphatic carbocycles. The predicted octanol–water partition coefficient (Wildman–Crippen LogP) is 3.93. The van der Waals surface area contributed by atoms with E-state index in [0.717, 1.165) is 35.3 Å². The highest BCUT2D eigenvalue weighted by molar-refractivity contribution is 9.09. The Kier molecular flexibility index (Phi) is 2.49. The Morgan fingerprint density at radius 3 is 2.67 bits per heavy atom. The third-order valence-corrected chi connectivity index (χ3v) is 7.77. The van der Waals surface area contributed by atoms with Gasteiger partial charge in [0.25, 0.3) is 0 Å². The molecular weight excluding hydrogens is 326 g/mol. The van der Waals surface area contributed by atoms with Gasteiger partial charge in [-0.2, -0.15) is 0 Å². The quantitative estimate of drug-likeness (QED) is 0.743. The topological polar surface area (TPSA) is 20.3 Å². The molecule has 1 aromatic rings. The first kappa shape index (κ1) is 12.7. The van der Waals surface area contributed by atoms with Crippen LogP contribution in [0.15, 0.2) is 18.2 Å². The molecule has 0 spiro atoms. The van der Waals surface area contributed by atoms with Crippen LogP contribution >= 0.6 is 15.9 Å². The van der Waals surface area contributed by atoms with Crippen molar-refractivity contribution in [3.8, 4) is 0 Å². The van der Waals surface area contributed by atoms with Crippen molar-refractivity contribution in [2.75, 3.05) is 11.9 Å². The monoisotopic (exact) mass is 345 g/mol. The molecular formula is C18H20BrNO. The summed E-state index contributed by atoms with van der Waals surface area (Å²) in [5.41, 5.74) is 3.69. The minimum absolute atomic E-state index is 0.217. The maximum absolute atomic E-state index is 11.8. The summed E-state index contributed by atoms with van der Waals surface area (Å²) in [7, 11) is 1.88. The molecule has 5 atom stereocenters. The largest absolute Gasteiger partial charge is 0.315 e. The van der Waals surface area contributed by atoms with Gasteiger partial charge in [-0.05, 0) is 66.0 Å². The van der Waals surface area contributed by atoms with Gasteiger partial charge in [0.1, 0.15) is 0 Å². The Morgan fingerprint density at radius 2 is 1.95 bits per heavy atom. The molecule has 3 heteroatoms. The first-order valence-corrected chi connectivity index (χ1v) is 9.10. The Bertz CT molecular complexity index is 626. The summed E-state index contributed by atoms with van der Waals surface area (Å²) in [4.78, 5) is 14.1. The second-order valence-corrected chi connectivity index (χ2v) is 8.47. The Labute approximate surface area is 134 Å².